The van der Waals surface area contributed by atoms with Crippen molar-refractivity contribution in [3.05, 3.63) is 0 Å². The summed E-state index contributed by atoms with van der Waals surface area (Å²) in [7, 11) is -1.36. The lowest BCUT2D eigenvalue weighted by atomic mass is 9.95. The lowest BCUT2D eigenvalue weighted by molar-refractivity contribution is -0.432. The normalized spacial score (nSPS) is 16.0. The number of alkyl halides is 13. The minimum absolute atomic E-state index is 1.36. The van der Waals surface area contributed by atoms with Crippen LogP contribution in [-0.4, -0.2) is 46.5 Å². The van der Waals surface area contributed by atoms with Crippen LogP contribution in [0.2, 0.25) is 0 Å². The SMILES string of the molecule is FC(F)(F)CCC(F)(F)C(F)(F)C(F)(F)C(F)(F)C(F)(F)O[SiH3]. The minimum Gasteiger partial charge on any atom is -0.369 e. The van der Waals surface area contributed by atoms with Crippen LogP contribution in [0.3, 0.4) is 0 Å². The van der Waals surface area contributed by atoms with Crippen LogP contribution in [-0.2, 0) is 4.43 Å². The number of halogens is 13. The number of rotatable bonds is 7. The van der Waals surface area contributed by atoms with Gasteiger partial charge in [0.05, 0.1) is 0 Å². The smallest absolute Gasteiger partial charge is 0.369 e. The van der Waals surface area contributed by atoms with Crippen molar-refractivity contribution in [3.63, 3.8) is 0 Å². The largest absolute Gasteiger partial charge is 0.416 e. The maximum Gasteiger partial charge on any atom is 0.416 e. The van der Waals surface area contributed by atoms with E-state index in [-0.39, 0.29) is 0 Å². The summed E-state index contributed by atoms with van der Waals surface area (Å²) in [5.74, 6) is -28.1. The lowest BCUT2D eigenvalue weighted by Gasteiger charge is -2.38. The van der Waals surface area contributed by atoms with Gasteiger partial charge in [0.25, 0.3) is 0 Å². The number of hydrogen-bond acceptors (Lipinski definition) is 1. The third kappa shape index (κ3) is 3.85. The number of hydrogen-bond donors (Lipinski definition) is 0. The third-order valence-corrected chi connectivity index (χ3v) is 3.11. The van der Waals surface area contributed by atoms with E-state index in [1.807, 2.05) is 0 Å². The molecule has 0 atom stereocenters. The molecule has 0 bridgehead atoms. The Bertz CT molecular complexity index is 415. The van der Waals surface area contributed by atoms with Gasteiger partial charge in [-0.05, 0) is 0 Å². The second-order valence-corrected chi connectivity index (χ2v) is 4.67. The molecule has 0 saturated carbocycles. The molecular formula is C8H7F13OSi. The Hall–Kier alpha value is -0.733. The van der Waals surface area contributed by atoms with Crippen LogP contribution in [0.15, 0.2) is 0 Å². The molecule has 0 fully saturated rings. The molecule has 0 unspecified atom stereocenters. The van der Waals surface area contributed by atoms with Crippen LogP contribution in [0.25, 0.3) is 0 Å². The molecule has 0 spiro atoms. The fourth-order valence-corrected chi connectivity index (χ4v) is 1.45. The minimum atomic E-state index is -7.40. The van der Waals surface area contributed by atoms with Crippen LogP contribution >= 0.6 is 0 Å². The second kappa shape index (κ2) is 5.97. The fraction of sp³-hybridized carbons (Fsp3) is 1.00. The van der Waals surface area contributed by atoms with Gasteiger partial charge in [0.2, 0.25) is 0 Å². The first-order valence-corrected chi connectivity index (χ1v) is 6.09. The summed E-state index contributed by atoms with van der Waals surface area (Å²) in [6.45, 7) is 0. The molecule has 23 heavy (non-hydrogen) atoms. The topological polar surface area (TPSA) is 9.23 Å². The summed E-state index contributed by atoms with van der Waals surface area (Å²) in [5, 5.41) is 0. The molecule has 15 heteroatoms. The Labute approximate surface area is 122 Å². The van der Waals surface area contributed by atoms with E-state index in [4.69, 9.17) is 0 Å². The van der Waals surface area contributed by atoms with Crippen LogP contribution in [0.5, 0.6) is 0 Å². The van der Waals surface area contributed by atoms with Crippen LogP contribution in [0, 0.1) is 0 Å². The van der Waals surface area contributed by atoms with Crippen molar-refractivity contribution in [1.82, 2.24) is 0 Å². The van der Waals surface area contributed by atoms with Crippen molar-refractivity contribution in [3.8, 4) is 0 Å². The summed E-state index contributed by atoms with van der Waals surface area (Å²) >= 11 is 0. The Morgan fingerprint density at radius 2 is 0.957 bits per heavy atom. The average Bonchev–Trinajstić information content (AvgIpc) is 2.34. The molecule has 0 saturated heterocycles. The Balaban J connectivity index is 5.78. The first-order chi connectivity index (χ1) is 9.77. The summed E-state index contributed by atoms with van der Waals surface area (Å²) in [6, 6.07) is 0. The van der Waals surface area contributed by atoms with E-state index in [1.54, 1.807) is 0 Å². The molecule has 0 amide bonds. The molecule has 0 aromatic rings. The molecule has 0 rings (SSSR count). The molecule has 0 radical (unpaired) electrons. The van der Waals surface area contributed by atoms with E-state index in [0.717, 1.165) is 0 Å². The van der Waals surface area contributed by atoms with Crippen molar-refractivity contribution in [2.75, 3.05) is 0 Å². The predicted octanol–water partition coefficient (Wildman–Crippen LogP) is 3.76. The maximum atomic E-state index is 13.0. The molecule has 0 aromatic heterocycles. The molecule has 0 aliphatic carbocycles. The molecule has 0 heterocycles. The van der Waals surface area contributed by atoms with Crippen LogP contribution < -0.4 is 0 Å². The maximum absolute atomic E-state index is 13.0. The highest BCUT2D eigenvalue weighted by Gasteiger charge is 2.86. The third-order valence-electron chi connectivity index (χ3n) is 2.59. The summed E-state index contributed by atoms with van der Waals surface area (Å²) in [4.78, 5) is 0. The van der Waals surface area contributed by atoms with E-state index in [2.05, 4.69) is 4.43 Å². The zero-order valence-corrected chi connectivity index (χ0v) is 12.7. The first kappa shape index (κ1) is 22.3. The first-order valence-electron chi connectivity index (χ1n) is 5.28. The lowest BCUT2D eigenvalue weighted by Crippen LogP contribution is -2.67. The van der Waals surface area contributed by atoms with Crippen molar-refractivity contribution < 1.29 is 61.5 Å². The molecule has 140 valence electrons. The molecule has 0 N–H and O–H groups in total. The van der Waals surface area contributed by atoms with E-state index < -0.39 is 59.3 Å². The highest BCUT2D eigenvalue weighted by molar-refractivity contribution is 5.98. The van der Waals surface area contributed by atoms with Crippen molar-refractivity contribution in [1.29, 1.82) is 0 Å². The molecule has 0 aliphatic heterocycles. The van der Waals surface area contributed by atoms with E-state index in [1.165, 1.54) is 0 Å². The Morgan fingerprint density at radius 1 is 0.565 bits per heavy atom. The van der Waals surface area contributed by atoms with E-state index in [0.29, 0.717) is 0 Å². The van der Waals surface area contributed by atoms with Gasteiger partial charge in [-0.15, -0.1) is 0 Å². The summed E-state index contributed by atoms with van der Waals surface area (Å²) < 4.78 is 166. The van der Waals surface area contributed by atoms with Crippen molar-refractivity contribution in [2.24, 2.45) is 0 Å². The van der Waals surface area contributed by atoms with Crippen LogP contribution in [0.1, 0.15) is 12.8 Å². The monoisotopic (exact) mass is 394 g/mol. The molecule has 0 aromatic carbocycles. The van der Waals surface area contributed by atoms with Gasteiger partial charge in [-0.2, -0.15) is 57.1 Å². The molecule has 1 nitrogen and oxygen atoms in total. The highest BCUT2D eigenvalue weighted by atomic mass is 28.2. The van der Waals surface area contributed by atoms with Crippen molar-refractivity contribution >= 4 is 10.5 Å². The molecule has 0 aliphatic rings. The van der Waals surface area contributed by atoms with Gasteiger partial charge in [0.1, 0.15) is 0 Å². The van der Waals surface area contributed by atoms with Gasteiger partial charge in [0, 0.05) is 12.8 Å². The average molecular weight is 394 g/mol. The molecular weight excluding hydrogens is 387 g/mol. The van der Waals surface area contributed by atoms with Crippen LogP contribution in [0.4, 0.5) is 57.1 Å². The van der Waals surface area contributed by atoms with Gasteiger partial charge in [0.15, 0.2) is 10.5 Å². The van der Waals surface area contributed by atoms with E-state index in [9.17, 15) is 57.1 Å². The van der Waals surface area contributed by atoms with Gasteiger partial charge in [-0.25, -0.2) is 0 Å². The fourth-order valence-electron chi connectivity index (χ4n) is 1.19. The standard InChI is InChI=1S/C8H7F13OSi/c9-3(10,1-2-4(11,12)13)5(14,15)6(16,17)7(18,19)8(20,21)22-23/h1-2H2,23H3. The zero-order valence-electron chi connectivity index (χ0n) is 10.7. The quantitative estimate of drug-likeness (QED) is 0.472. The highest BCUT2D eigenvalue weighted by Crippen LogP contribution is 2.58. The Kier molecular flexibility index (Phi) is 5.78. The van der Waals surface area contributed by atoms with E-state index >= 15 is 0 Å². The van der Waals surface area contributed by atoms with Gasteiger partial charge >= 0.3 is 36.0 Å². The summed E-state index contributed by atoms with van der Waals surface area (Å²) in [5.41, 5.74) is 0. The van der Waals surface area contributed by atoms with Gasteiger partial charge in [-0.3, -0.25) is 0 Å². The predicted molar refractivity (Wildman–Crippen MR) is 51.0 cm³/mol. The van der Waals surface area contributed by atoms with Gasteiger partial charge in [-0.1, -0.05) is 0 Å². The summed E-state index contributed by atoms with van der Waals surface area (Å²) in [6.07, 6.45) is -17.5. The van der Waals surface area contributed by atoms with Gasteiger partial charge < -0.3 is 4.43 Å². The Morgan fingerprint density at radius 3 is 1.26 bits per heavy atom. The zero-order chi connectivity index (χ0) is 19.1. The second-order valence-electron chi connectivity index (χ2n) is 4.26. The van der Waals surface area contributed by atoms with Crippen molar-refractivity contribution in [2.45, 2.75) is 48.8 Å².